The van der Waals surface area contributed by atoms with Crippen molar-refractivity contribution in [2.75, 3.05) is 0 Å². The van der Waals surface area contributed by atoms with Gasteiger partial charge >= 0.3 is 5.97 Å². The van der Waals surface area contributed by atoms with Gasteiger partial charge in [0, 0.05) is 12.6 Å². The lowest BCUT2D eigenvalue weighted by atomic mass is 9.71. The van der Waals surface area contributed by atoms with E-state index in [1.807, 2.05) is 48.5 Å². The normalized spacial score (nSPS) is 23.2. The summed E-state index contributed by atoms with van der Waals surface area (Å²) < 4.78 is 5.67. The van der Waals surface area contributed by atoms with E-state index in [1.54, 1.807) is 0 Å². The maximum Gasteiger partial charge on any atom is 0.313 e. The van der Waals surface area contributed by atoms with E-state index in [4.69, 9.17) is 4.74 Å². The Hall–Kier alpha value is -2.13. The van der Waals surface area contributed by atoms with Crippen molar-refractivity contribution in [2.24, 2.45) is 5.41 Å². The first-order chi connectivity index (χ1) is 12.2. The van der Waals surface area contributed by atoms with Crippen molar-refractivity contribution in [1.82, 2.24) is 5.32 Å². The fraction of sp³-hybridized carbons (Fsp3) is 0.409. The minimum atomic E-state index is -0.457. The Kier molecular flexibility index (Phi) is 5.87. The number of esters is 1. The van der Waals surface area contributed by atoms with Gasteiger partial charge in [0.1, 0.15) is 6.61 Å². The fourth-order valence-corrected chi connectivity index (χ4v) is 3.63. The summed E-state index contributed by atoms with van der Waals surface area (Å²) in [6.45, 7) is 3.19. The number of hydrogen-bond donors (Lipinski definition) is 1. The van der Waals surface area contributed by atoms with Crippen LogP contribution in [-0.4, -0.2) is 12.0 Å². The van der Waals surface area contributed by atoms with Crippen LogP contribution in [0.15, 0.2) is 60.7 Å². The van der Waals surface area contributed by atoms with Gasteiger partial charge in [0.2, 0.25) is 0 Å². The zero-order valence-corrected chi connectivity index (χ0v) is 14.9. The van der Waals surface area contributed by atoms with Crippen molar-refractivity contribution in [1.29, 1.82) is 0 Å². The molecule has 3 nitrogen and oxygen atoms in total. The van der Waals surface area contributed by atoms with Gasteiger partial charge < -0.3 is 10.1 Å². The first-order valence-corrected chi connectivity index (χ1v) is 9.17. The average molecular weight is 337 g/mol. The van der Waals surface area contributed by atoms with Crippen molar-refractivity contribution < 1.29 is 9.53 Å². The van der Waals surface area contributed by atoms with Crippen LogP contribution < -0.4 is 5.32 Å². The Morgan fingerprint density at radius 3 is 2.36 bits per heavy atom. The van der Waals surface area contributed by atoms with Crippen LogP contribution in [0, 0.1) is 5.41 Å². The fourth-order valence-electron chi connectivity index (χ4n) is 3.63. The van der Waals surface area contributed by atoms with E-state index in [-0.39, 0.29) is 12.0 Å². The third kappa shape index (κ3) is 4.49. The Labute approximate surface area is 150 Å². The highest BCUT2D eigenvalue weighted by Gasteiger charge is 2.44. The molecule has 1 unspecified atom stereocenters. The summed E-state index contributed by atoms with van der Waals surface area (Å²) in [5, 5.41) is 3.61. The lowest BCUT2D eigenvalue weighted by Crippen LogP contribution is -2.50. The quantitative estimate of drug-likeness (QED) is 0.791. The lowest BCUT2D eigenvalue weighted by Gasteiger charge is -2.39. The standard InChI is InChI=1S/C22H27NO2/c1-22(21(24)25-17-19-12-6-3-7-13-19)15-9-8-14-20(22)23-16-18-10-4-2-5-11-18/h2-7,10-13,20,23H,8-9,14-17H2,1H3/t20?,22-/m0/s1. The molecule has 0 heterocycles. The Bertz CT molecular complexity index is 671. The smallest absolute Gasteiger partial charge is 0.313 e. The number of nitrogens with one attached hydrogen (secondary N) is 1. The van der Waals surface area contributed by atoms with E-state index in [9.17, 15) is 4.79 Å². The van der Waals surface area contributed by atoms with Crippen LogP contribution in [0.25, 0.3) is 0 Å². The predicted octanol–water partition coefficient (Wildman–Crippen LogP) is 4.47. The average Bonchev–Trinajstić information content (AvgIpc) is 2.67. The van der Waals surface area contributed by atoms with Crippen LogP contribution in [0.5, 0.6) is 0 Å². The molecule has 1 N–H and O–H groups in total. The highest BCUT2D eigenvalue weighted by molar-refractivity contribution is 5.77. The molecule has 0 radical (unpaired) electrons. The summed E-state index contributed by atoms with van der Waals surface area (Å²) >= 11 is 0. The zero-order valence-electron chi connectivity index (χ0n) is 14.9. The largest absolute Gasteiger partial charge is 0.460 e. The van der Waals surface area contributed by atoms with E-state index in [1.165, 1.54) is 5.56 Å². The molecule has 1 saturated carbocycles. The van der Waals surface area contributed by atoms with Gasteiger partial charge in [0.15, 0.2) is 0 Å². The minimum absolute atomic E-state index is 0.0818. The summed E-state index contributed by atoms with van der Waals surface area (Å²) in [7, 11) is 0. The SMILES string of the molecule is C[C@]1(C(=O)OCc2ccccc2)CCCCC1NCc1ccccc1. The number of carbonyl (C=O) groups is 1. The first-order valence-electron chi connectivity index (χ1n) is 9.17. The van der Waals surface area contributed by atoms with Crippen LogP contribution in [0.2, 0.25) is 0 Å². The Balaban J connectivity index is 1.62. The molecule has 1 aliphatic rings. The van der Waals surface area contributed by atoms with Gasteiger partial charge in [0.25, 0.3) is 0 Å². The van der Waals surface area contributed by atoms with Gasteiger partial charge in [-0.3, -0.25) is 4.79 Å². The highest BCUT2D eigenvalue weighted by atomic mass is 16.5. The van der Waals surface area contributed by atoms with Crippen molar-refractivity contribution in [2.45, 2.75) is 51.8 Å². The van der Waals surface area contributed by atoms with E-state index in [2.05, 4.69) is 24.4 Å². The van der Waals surface area contributed by atoms with Crippen LogP contribution in [-0.2, 0) is 22.7 Å². The molecule has 1 fully saturated rings. The second-order valence-corrected chi connectivity index (χ2v) is 7.14. The molecule has 0 aliphatic heterocycles. The second kappa shape index (κ2) is 8.30. The molecule has 3 heteroatoms. The topological polar surface area (TPSA) is 38.3 Å². The summed E-state index contributed by atoms with van der Waals surface area (Å²) in [5.74, 6) is -0.0818. The maximum atomic E-state index is 12.9. The van der Waals surface area contributed by atoms with Gasteiger partial charge in [0.05, 0.1) is 5.41 Å². The summed E-state index contributed by atoms with van der Waals surface area (Å²) in [6, 6.07) is 20.4. The highest BCUT2D eigenvalue weighted by Crippen LogP contribution is 2.37. The third-order valence-corrected chi connectivity index (χ3v) is 5.28. The number of rotatable bonds is 6. The molecule has 0 saturated heterocycles. The van der Waals surface area contributed by atoms with Crippen LogP contribution in [0.3, 0.4) is 0 Å². The van der Waals surface area contributed by atoms with Crippen molar-refractivity contribution in [3.63, 3.8) is 0 Å². The van der Waals surface area contributed by atoms with E-state index in [0.29, 0.717) is 6.61 Å². The van der Waals surface area contributed by atoms with Gasteiger partial charge in [-0.05, 0) is 30.9 Å². The summed E-state index contributed by atoms with van der Waals surface area (Å²) in [6.07, 6.45) is 4.14. The second-order valence-electron chi connectivity index (χ2n) is 7.14. The molecular formula is C22H27NO2. The van der Waals surface area contributed by atoms with Crippen LogP contribution in [0.4, 0.5) is 0 Å². The number of ether oxygens (including phenoxy) is 1. The van der Waals surface area contributed by atoms with E-state index >= 15 is 0 Å². The summed E-state index contributed by atoms with van der Waals surface area (Å²) in [5.41, 5.74) is 1.82. The Morgan fingerprint density at radius 1 is 1.04 bits per heavy atom. The third-order valence-electron chi connectivity index (χ3n) is 5.28. The number of benzene rings is 2. The summed E-state index contributed by atoms with van der Waals surface area (Å²) in [4.78, 5) is 12.9. The molecule has 0 spiro atoms. The van der Waals surface area contributed by atoms with Gasteiger partial charge in [-0.15, -0.1) is 0 Å². The molecule has 0 aromatic heterocycles. The van der Waals surface area contributed by atoms with Crippen LogP contribution >= 0.6 is 0 Å². The predicted molar refractivity (Wildman–Crippen MR) is 99.9 cm³/mol. The zero-order chi connectivity index (χ0) is 17.5. The molecule has 2 aromatic rings. The lowest BCUT2D eigenvalue weighted by molar-refractivity contribution is -0.160. The van der Waals surface area contributed by atoms with Crippen molar-refractivity contribution in [3.05, 3.63) is 71.8 Å². The maximum absolute atomic E-state index is 12.9. The monoisotopic (exact) mass is 337 g/mol. The molecule has 0 bridgehead atoms. The van der Waals surface area contributed by atoms with E-state index < -0.39 is 5.41 Å². The Morgan fingerprint density at radius 2 is 1.68 bits per heavy atom. The van der Waals surface area contributed by atoms with Crippen molar-refractivity contribution >= 4 is 5.97 Å². The minimum Gasteiger partial charge on any atom is -0.460 e. The molecule has 2 atom stereocenters. The number of hydrogen-bond acceptors (Lipinski definition) is 3. The number of carbonyl (C=O) groups excluding carboxylic acids is 1. The molecule has 1 aliphatic carbocycles. The molecule has 25 heavy (non-hydrogen) atoms. The van der Waals surface area contributed by atoms with Crippen molar-refractivity contribution in [3.8, 4) is 0 Å². The van der Waals surface area contributed by atoms with Gasteiger partial charge in [-0.1, -0.05) is 73.5 Å². The molecule has 132 valence electrons. The molecule has 3 rings (SSSR count). The molecule has 2 aromatic carbocycles. The van der Waals surface area contributed by atoms with Gasteiger partial charge in [-0.25, -0.2) is 0 Å². The first kappa shape index (κ1) is 17.7. The molecular weight excluding hydrogens is 310 g/mol. The van der Waals surface area contributed by atoms with Crippen LogP contribution in [0.1, 0.15) is 43.7 Å². The molecule has 0 amide bonds. The van der Waals surface area contributed by atoms with E-state index in [0.717, 1.165) is 37.8 Å². The van der Waals surface area contributed by atoms with Gasteiger partial charge in [-0.2, -0.15) is 0 Å².